The van der Waals surface area contributed by atoms with Crippen LogP contribution < -0.4 is 4.74 Å². The van der Waals surface area contributed by atoms with Crippen molar-refractivity contribution in [1.29, 1.82) is 0 Å². The van der Waals surface area contributed by atoms with E-state index in [0.29, 0.717) is 30.9 Å². The van der Waals surface area contributed by atoms with Crippen LogP contribution in [0.3, 0.4) is 0 Å². The Labute approximate surface area is 107 Å². The number of benzene rings is 1. The fraction of sp³-hybridized carbons (Fsp3) is 0.500. The predicted octanol–water partition coefficient (Wildman–Crippen LogP) is 1.99. The van der Waals surface area contributed by atoms with Gasteiger partial charge in [-0.15, -0.1) is 0 Å². The number of aliphatic hydroxyl groups excluding tert-OH is 1. The second-order valence-electron chi connectivity index (χ2n) is 4.48. The average Bonchev–Trinajstić information content (AvgIpc) is 2.50. The second-order valence-corrected chi connectivity index (χ2v) is 4.48. The number of aliphatic hydroxyl groups is 1. The van der Waals surface area contributed by atoms with Gasteiger partial charge in [0.15, 0.2) is 0 Å². The first-order valence-corrected chi connectivity index (χ1v) is 6.21. The van der Waals surface area contributed by atoms with Crippen LogP contribution in [0.4, 0.5) is 0 Å². The van der Waals surface area contributed by atoms with E-state index < -0.39 is 12.0 Å². The average molecular weight is 250 g/mol. The normalized spacial score (nSPS) is 22.6. The maximum absolute atomic E-state index is 11.8. The van der Waals surface area contributed by atoms with E-state index in [4.69, 9.17) is 9.47 Å². The molecule has 1 aliphatic heterocycles. The summed E-state index contributed by atoms with van der Waals surface area (Å²) in [7, 11) is 0. The summed E-state index contributed by atoms with van der Waals surface area (Å²) in [6.45, 7) is 4.44. The number of hydrogen-bond acceptors (Lipinski definition) is 4. The van der Waals surface area contributed by atoms with Crippen molar-refractivity contribution >= 4 is 5.97 Å². The fourth-order valence-corrected chi connectivity index (χ4v) is 2.20. The highest BCUT2D eigenvalue weighted by atomic mass is 16.5. The lowest BCUT2D eigenvalue weighted by Crippen LogP contribution is -2.24. The minimum atomic E-state index is -0.860. The van der Waals surface area contributed by atoms with Crippen LogP contribution in [-0.2, 0) is 9.53 Å². The van der Waals surface area contributed by atoms with Crippen molar-refractivity contribution < 1.29 is 19.4 Å². The van der Waals surface area contributed by atoms with Gasteiger partial charge < -0.3 is 14.6 Å². The molecule has 2 rings (SSSR count). The molecule has 0 aromatic heterocycles. The Bertz CT molecular complexity index is 441. The van der Waals surface area contributed by atoms with Gasteiger partial charge >= 0.3 is 5.97 Å². The van der Waals surface area contributed by atoms with Crippen LogP contribution in [0, 0.1) is 12.8 Å². The molecule has 1 heterocycles. The van der Waals surface area contributed by atoms with Gasteiger partial charge in [-0.2, -0.15) is 0 Å². The molecular weight excluding hydrogens is 232 g/mol. The maximum atomic E-state index is 11.8. The van der Waals surface area contributed by atoms with E-state index in [0.717, 1.165) is 5.56 Å². The summed E-state index contributed by atoms with van der Waals surface area (Å²) in [5.41, 5.74) is 1.70. The topological polar surface area (TPSA) is 55.8 Å². The van der Waals surface area contributed by atoms with Crippen molar-refractivity contribution in [3.8, 4) is 5.75 Å². The number of ether oxygens (including phenoxy) is 2. The number of rotatable bonds is 2. The van der Waals surface area contributed by atoms with Crippen LogP contribution in [0.2, 0.25) is 0 Å². The largest absolute Gasteiger partial charge is 0.493 e. The third-order valence-electron chi connectivity index (χ3n) is 3.14. The molecule has 1 N–H and O–H groups in total. The summed E-state index contributed by atoms with van der Waals surface area (Å²) >= 11 is 0. The highest BCUT2D eigenvalue weighted by Crippen LogP contribution is 2.36. The zero-order valence-electron chi connectivity index (χ0n) is 10.7. The Balaban J connectivity index is 2.30. The molecule has 4 nitrogen and oxygen atoms in total. The molecule has 98 valence electrons. The van der Waals surface area contributed by atoms with Crippen molar-refractivity contribution in [3.63, 3.8) is 0 Å². The number of carbonyl (C=O) groups excluding carboxylic acids is 1. The Morgan fingerprint density at radius 1 is 1.56 bits per heavy atom. The fourth-order valence-electron chi connectivity index (χ4n) is 2.20. The molecule has 0 bridgehead atoms. The molecule has 0 saturated carbocycles. The third kappa shape index (κ3) is 2.48. The molecule has 0 aliphatic carbocycles. The predicted molar refractivity (Wildman–Crippen MR) is 66.4 cm³/mol. The first kappa shape index (κ1) is 12.9. The number of hydrogen-bond donors (Lipinski definition) is 1. The summed E-state index contributed by atoms with van der Waals surface area (Å²) in [4.78, 5) is 11.8. The van der Waals surface area contributed by atoms with Crippen LogP contribution in [0.15, 0.2) is 18.2 Å². The van der Waals surface area contributed by atoms with E-state index >= 15 is 0 Å². The van der Waals surface area contributed by atoms with E-state index in [2.05, 4.69) is 0 Å². The van der Waals surface area contributed by atoms with Crippen molar-refractivity contribution in [1.82, 2.24) is 0 Å². The van der Waals surface area contributed by atoms with E-state index in [1.807, 2.05) is 25.1 Å². The van der Waals surface area contributed by atoms with Gasteiger partial charge in [-0.3, -0.25) is 4.79 Å². The Morgan fingerprint density at radius 2 is 2.33 bits per heavy atom. The first-order chi connectivity index (χ1) is 8.63. The van der Waals surface area contributed by atoms with Crippen LogP contribution in [0.25, 0.3) is 0 Å². The number of esters is 1. The molecule has 0 spiro atoms. The Morgan fingerprint density at radius 3 is 3.06 bits per heavy atom. The number of carbonyl (C=O) groups is 1. The van der Waals surface area contributed by atoms with Gasteiger partial charge in [0.2, 0.25) is 0 Å². The van der Waals surface area contributed by atoms with Gasteiger partial charge in [0.1, 0.15) is 5.75 Å². The smallest absolute Gasteiger partial charge is 0.312 e. The number of aryl methyl sites for hydroxylation is 1. The van der Waals surface area contributed by atoms with E-state index in [1.165, 1.54) is 0 Å². The summed E-state index contributed by atoms with van der Waals surface area (Å²) in [5, 5.41) is 10.3. The Kier molecular flexibility index (Phi) is 3.87. The lowest BCUT2D eigenvalue weighted by molar-refractivity contribution is -0.152. The zero-order valence-corrected chi connectivity index (χ0v) is 10.7. The SMILES string of the molecule is CCOC(=O)C1CCOc2ccc(C)cc2C1O. The van der Waals surface area contributed by atoms with Crippen LogP contribution >= 0.6 is 0 Å². The minimum Gasteiger partial charge on any atom is -0.493 e. The molecule has 1 aliphatic rings. The van der Waals surface area contributed by atoms with Crippen molar-refractivity contribution in [2.24, 2.45) is 5.92 Å². The highest BCUT2D eigenvalue weighted by molar-refractivity contribution is 5.73. The third-order valence-corrected chi connectivity index (χ3v) is 3.14. The lowest BCUT2D eigenvalue weighted by Gasteiger charge is -2.19. The molecular formula is C14H18O4. The van der Waals surface area contributed by atoms with Crippen LogP contribution in [-0.4, -0.2) is 24.3 Å². The van der Waals surface area contributed by atoms with Gasteiger partial charge in [0, 0.05) is 5.56 Å². The molecule has 0 fully saturated rings. The molecule has 2 atom stereocenters. The molecule has 0 radical (unpaired) electrons. The quantitative estimate of drug-likeness (QED) is 0.815. The van der Waals surface area contributed by atoms with Gasteiger partial charge in [-0.25, -0.2) is 0 Å². The van der Waals surface area contributed by atoms with Gasteiger partial charge in [-0.1, -0.05) is 11.6 Å². The molecule has 2 unspecified atom stereocenters. The molecule has 1 aromatic carbocycles. The van der Waals surface area contributed by atoms with E-state index in [9.17, 15) is 9.90 Å². The van der Waals surface area contributed by atoms with Gasteiger partial charge in [0.25, 0.3) is 0 Å². The maximum Gasteiger partial charge on any atom is 0.312 e. The lowest BCUT2D eigenvalue weighted by atomic mass is 9.93. The van der Waals surface area contributed by atoms with Crippen molar-refractivity contribution in [3.05, 3.63) is 29.3 Å². The summed E-state index contributed by atoms with van der Waals surface area (Å²) < 4.78 is 10.6. The van der Waals surface area contributed by atoms with Crippen molar-refractivity contribution in [2.75, 3.05) is 13.2 Å². The second kappa shape index (κ2) is 5.40. The summed E-state index contributed by atoms with van der Waals surface area (Å²) in [6, 6.07) is 5.62. The molecule has 18 heavy (non-hydrogen) atoms. The van der Waals surface area contributed by atoms with Crippen LogP contribution in [0.5, 0.6) is 5.75 Å². The summed E-state index contributed by atoms with van der Waals surface area (Å²) in [5.74, 6) is -0.254. The van der Waals surface area contributed by atoms with Crippen LogP contribution in [0.1, 0.15) is 30.6 Å². The standard InChI is InChI=1S/C14H18O4/c1-3-17-14(16)10-6-7-18-12-5-4-9(2)8-11(12)13(10)15/h4-5,8,10,13,15H,3,6-7H2,1-2H3. The molecule has 1 aromatic rings. The van der Waals surface area contributed by atoms with Gasteiger partial charge in [-0.05, 0) is 32.4 Å². The minimum absolute atomic E-state index is 0.323. The zero-order chi connectivity index (χ0) is 13.1. The van der Waals surface area contributed by atoms with Gasteiger partial charge in [0.05, 0.1) is 25.2 Å². The summed E-state index contributed by atoms with van der Waals surface area (Å²) in [6.07, 6.45) is -0.394. The molecule has 0 amide bonds. The Hall–Kier alpha value is -1.55. The highest BCUT2D eigenvalue weighted by Gasteiger charge is 2.33. The monoisotopic (exact) mass is 250 g/mol. The van der Waals surface area contributed by atoms with E-state index in [-0.39, 0.29) is 5.97 Å². The van der Waals surface area contributed by atoms with Crippen molar-refractivity contribution in [2.45, 2.75) is 26.4 Å². The number of fused-ring (bicyclic) bond motifs is 1. The first-order valence-electron chi connectivity index (χ1n) is 6.21. The molecule has 0 saturated heterocycles. The molecule has 4 heteroatoms. The van der Waals surface area contributed by atoms with E-state index in [1.54, 1.807) is 6.92 Å².